The van der Waals surface area contributed by atoms with Gasteiger partial charge < -0.3 is 29.8 Å². The maximum atomic E-state index is 11.8. The number of rotatable bonds is 11. The fraction of sp³-hybridized carbons (Fsp3) is 0.304. The minimum Gasteiger partial charge on any atom is -0.494 e. The van der Waals surface area contributed by atoms with Gasteiger partial charge in [-0.25, -0.2) is 9.59 Å². The van der Waals surface area contributed by atoms with Gasteiger partial charge in [-0.3, -0.25) is 0 Å². The standard InChI is InChI=1S/C23H26ClN3O5/c1-2-30-22(28)21-14-16-13-19(7-8-20(16)32-21)31-12-4-9-25-10-11-26-23(29)27-18-6-3-5-17(24)15-18/h3,5-8,13-15,25H,2,4,9-12H2,1H3,(H2,26,27,29). The highest BCUT2D eigenvalue weighted by molar-refractivity contribution is 6.30. The van der Waals surface area contributed by atoms with E-state index in [0.717, 1.165) is 18.4 Å². The van der Waals surface area contributed by atoms with Gasteiger partial charge in [0.25, 0.3) is 0 Å². The van der Waals surface area contributed by atoms with E-state index < -0.39 is 5.97 Å². The molecular formula is C23H26ClN3O5. The van der Waals surface area contributed by atoms with Crippen molar-refractivity contribution in [1.29, 1.82) is 0 Å². The molecule has 0 aliphatic carbocycles. The smallest absolute Gasteiger partial charge is 0.374 e. The van der Waals surface area contributed by atoms with Gasteiger partial charge in [0.2, 0.25) is 5.76 Å². The van der Waals surface area contributed by atoms with E-state index in [1.165, 1.54) is 0 Å². The minimum absolute atomic E-state index is 0.179. The fourth-order valence-electron chi connectivity index (χ4n) is 2.93. The van der Waals surface area contributed by atoms with Crippen LogP contribution in [0.1, 0.15) is 23.9 Å². The van der Waals surface area contributed by atoms with E-state index in [0.29, 0.717) is 48.3 Å². The van der Waals surface area contributed by atoms with Gasteiger partial charge in [-0.2, -0.15) is 0 Å². The Morgan fingerprint density at radius 3 is 2.75 bits per heavy atom. The summed E-state index contributed by atoms with van der Waals surface area (Å²) in [5.41, 5.74) is 1.25. The van der Waals surface area contributed by atoms with E-state index in [-0.39, 0.29) is 11.8 Å². The highest BCUT2D eigenvalue weighted by atomic mass is 35.5. The van der Waals surface area contributed by atoms with Gasteiger partial charge in [-0.15, -0.1) is 0 Å². The number of urea groups is 1. The molecule has 0 saturated heterocycles. The number of carbonyl (C=O) groups excluding carboxylic acids is 2. The Kier molecular flexibility index (Phi) is 8.77. The molecule has 3 N–H and O–H groups in total. The molecule has 0 bridgehead atoms. The number of hydrogen-bond donors (Lipinski definition) is 3. The second-order valence-corrected chi connectivity index (χ2v) is 7.31. The van der Waals surface area contributed by atoms with Crippen molar-refractivity contribution < 1.29 is 23.5 Å². The number of anilines is 1. The van der Waals surface area contributed by atoms with Crippen molar-refractivity contribution in [2.75, 3.05) is 38.2 Å². The van der Waals surface area contributed by atoms with Crippen LogP contribution < -0.4 is 20.7 Å². The van der Waals surface area contributed by atoms with Crippen LogP contribution in [0.5, 0.6) is 5.75 Å². The minimum atomic E-state index is -0.478. The van der Waals surface area contributed by atoms with Crippen LogP contribution >= 0.6 is 11.6 Å². The van der Waals surface area contributed by atoms with Crippen molar-refractivity contribution in [3.8, 4) is 5.75 Å². The predicted octanol–water partition coefficient (Wildman–Crippen LogP) is 4.44. The molecule has 0 aliphatic heterocycles. The topological polar surface area (TPSA) is 102 Å². The number of amides is 2. The summed E-state index contributed by atoms with van der Waals surface area (Å²) in [7, 11) is 0. The van der Waals surface area contributed by atoms with Gasteiger partial charge in [-0.05, 0) is 62.4 Å². The molecule has 0 saturated carbocycles. The normalized spacial score (nSPS) is 10.7. The fourth-order valence-corrected chi connectivity index (χ4v) is 3.12. The molecule has 3 aromatic rings. The first-order valence-electron chi connectivity index (χ1n) is 10.4. The van der Waals surface area contributed by atoms with Crippen LogP contribution in [0, 0.1) is 0 Å². The van der Waals surface area contributed by atoms with Crippen LogP contribution in [0.3, 0.4) is 0 Å². The van der Waals surface area contributed by atoms with Crippen molar-refractivity contribution in [2.45, 2.75) is 13.3 Å². The average Bonchev–Trinajstić information content (AvgIpc) is 3.19. The monoisotopic (exact) mass is 459 g/mol. The second kappa shape index (κ2) is 12.0. The Hall–Kier alpha value is -3.23. The Labute approximate surface area is 191 Å². The zero-order valence-electron chi connectivity index (χ0n) is 17.8. The van der Waals surface area contributed by atoms with E-state index in [4.69, 9.17) is 25.5 Å². The lowest BCUT2D eigenvalue weighted by atomic mass is 10.2. The van der Waals surface area contributed by atoms with Crippen LogP contribution in [-0.4, -0.2) is 44.8 Å². The molecule has 1 heterocycles. The maximum absolute atomic E-state index is 11.8. The molecule has 8 nitrogen and oxygen atoms in total. The highest BCUT2D eigenvalue weighted by Crippen LogP contribution is 2.25. The Balaban J connectivity index is 1.29. The largest absolute Gasteiger partial charge is 0.494 e. The van der Waals surface area contributed by atoms with E-state index in [1.54, 1.807) is 49.4 Å². The lowest BCUT2D eigenvalue weighted by Crippen LogP contribution is -2.35. The molecule has 9 heteroatoms. The molecule has 32 heavy (non-hydrogen) atoms. The molecule has 0 atom stereocenters. The molecular weight excluding hydrogens is 434 g/mol. The van der Waals surface area contributed by atoms with Gasteiger partial charge in [0.05, 0.1) is 13.2 Å². The number of nitrogens with one attached hydrogen (secondary N) is 3. The lowest BCUT2D eigenvalue weighted by molar-refractivity contribution is 0.0492. The van der Waals surface area contributed by atoms with Crippen molar-refractivity contribution in [3.63, 3.8) is 0 Å². The molecule has 2 aromatic carbocycles. The van der Waals surface area contributed by atoms with Crippen molar-refractivity contribution in [3.05, 3.63) is 59.3 Å². The van der Waals surface area contributed by atoms with E-state index in [9.17, 15) is 9.59 Å². The number of benzene rings is 2. The molecule has 0 spiro atoms. The molecule has 0 aliphatic rings. The number of esters is 1. The van der Waals surface area contributed by atoms with Crippen molar-refractivity contribution >= 4 is 40.3 Å². The Bertz CT molecular complexity index is 1050. The third-order valence-electron chi connectivity index (χ3n) is 4.40. The second-order valence-electron chi connectivity index (χ2n) is 6.87. The van der Waals surface area contributed by atoms with Gasteiger partial charge in [0, 0.05) is 29.2 Å². The SMILES string of the molecule is CCOC(=O)c1cc2cc(OCCCNCCNC(=O)Nc3cccc(Cl)c3)ccc2o1. The van der Waals surface area contributed by atoms with Crippen LogP contribution in [0.2, 0.25) is 5.02 Å². The van der Waals surface area contributed by atoms with E-state index in [2.05, 4.69) is 16.0 Å². The molecule has 0 fully saturated rings. The summed E-state index contributed by atoms with van der Waals surface area (Å²) in [4.78, 5) is 23.6. The van der Waals surface area contributed by atoms with Crippen LogP contribution in [0.15, 0.2) is 52.9 Å². The lowest BCUT2D eigenvalue weighted by Gasteiger charge is -2.09. The molecule has 0 radical (unpaired) electrons. The van der Waals surface area contributed by atoms with Crippen LogP contribution in [0.25, 0.3) is 11.0 Å². The number of hydrogen-bond acceptors (Lipinski definition) is 6. The van der Waals surface area contributed by atoms with Gasteiger partial charge >= 0.3 is 12.0 Å². The van der Waals surface area contributed by atoms with Gasteiger partial charge in [0.1, 0.15) is 11.3 Å². The third kappa shape index (κ3) is 7.18. The first-order valence-corrected chi connectivity index (χ1v) is 10.8. The summed E-state index contributed by atoms with van der Waals surface area (Å²) >= 11 is 5.89. The first kappa shape index (κ1) is 23.4. The molecule has 1 aromatic heterocycles. The number of halogens is 1. The number of fused-ring (bicyclic) bond motifs is 1. The summed E-state index contributed by atoms with van der Waals surface area (Å²) < 4.78 is 16.2. The molecule has 2 amide bonds. The van der Waals surface area contributed by atoms with Crippen LogP contribution in [0.4, 0.5) is 10.5 Å². The van der Waals surface area contributed by atoms with E-state index >= 15 is 0 Å². The number of carbonyl (C=O) groups is 2. The number of ether oxygens (including phenoxy) is 2. The third-order valence-corrected chi connectivity index (χ3v) is 4.64. The number of furan rings is 1. The first-order chi connectivity index (χ1) is 15.5. The van der Waals surface area contributed by atoms with Crippen molar-refractivity contribution in [2.24, 2.45) is 0 Å². The highest BCUT2D eigenvalue weighted by Gasteiger charge is 2.13. The molecule has 170 valence electrons. The molecule has 0 unspecified atom stereocenters. The van der Waals surface area contributed by atoms with Crippen LogP contribution in [-0.2, 0) is 4.74 Å². The quantitative estimate of drug-likeness (QED) is 0.289. The zero-order valence-corrected chi connectivity index (χ0v) is 18.5. The summed E-state index contributed by atoms with van der Waals surface area (Å²) in [6.07, 6.45) is 0.798. The Morgan fingerprint density at radius 2 is 1.94 bits per heavy atom. The summed E-state index contributed by atoms with van der Waals surface area (Å²) in [5.74, 6) is 0.403. The predicted molar refractivity (Wildman–Crippen MR) is 124 cm³/mol. The van der Waals surface area contributed by atoms with E-state index in [1.807, 2.05) is 6.07 Å². The van der Waals surface area contributed by atoms with Crippen molar-refractivity contribution in [1.82, 2.24) is 10.6 Å². The maximum Gasteiger partial charge on any atom is 0.374 e. The zero-order chi connectivity index (χ0) is 22.8. The summed E-state index contributed by atoms with van der Waals surface area (Å²) in [6.45, 7) is 4.46. The summed E-state index contributed by atoms with van der Waals surface area (Å²) in [6, 6.07) is 13.7. The Morgan fingerprint density at radius 1 is 1.06 bits per heavy atom. The van der Waals surface area contributed by atoms with Gasteiger partial charge in [-0.1, -0.05) is 17.7 Å². The summed E-state index contributed by atoms with van der Waals surface area (Å²) in [5, 5.41) is 10.1. The van der Waals surface area contributed by atoms with Gasteiger partial charge in [0.15, 0.2) is 0 Å². The molecule has 3 rings (SSSR count). The average molecular weight is 460 g/mol.